The van der Waals surface area contributed by atoms with Gasteiger partial charge in [-0.2, -0.15) is 0 Å². The third kappa shape index (κ3) is 7.43. The van der Waals surface area contributed by atoms with Crippen molar-refractivity contribution in [1.29, 1.82) is 0 Å². The summed E-state index contributed by atoms with van der Waals surface area (Å²) in [5.74, 6) is -0.240. The van der Waals surface area contributed by atoms with Crippen LogP contribution in [-0.2, 0) is 9.53 Å². The Kier molecular flexibility index (Phi) is 4.05. The number of carbonyl (C=O) groups excluding carboxylic acids is 1. The van der Waals surface area contributed by atoms with Crippen molar-refractivity contribution in [2.45, 2.75) is 26.3 Å². The zero-order chi connectivity index (χ0) is 7.28. The predicted octanol–water partition coefficient (Wildman–Crippen LogP) is 0.287. The molecule has 2 N–H and O–H groups in total. The first-order valence-electron chi connectivity index (χ1n) is 3.02. The molecule has 0 unspecified atom stereocenters. The Hall–Kier alpha value is -0.570. The molecule has 0 fully saturated rings. The second kappa shape index (κ2) is 4.32. The lowest BCUT2D eigenvalue weighted by molar-refractivity contribution is -0.141. The molecule has 0 rings (SSSR count). The first kappa shape index (κ1) is 8.43. The van der Waals surface area contributed by atoms with Crippen molar-refractivity contribution in [2.24, 2.45) is 5.73 Å². The Morgan fingerprint density at radius 3 is 2.67 bits per heavy atom. The highest BCUT2D eigenvalue weighted by atomic mass is 16.5. The molecule has 54 valence electrons. The maximum atomic E-state index is 10.2. The van der Waals surface area contributed by atoms with Crippen molar-refractivity contribution in [3.8, 4) is 0 Å². The Morgan fingerprint density at radius 2 is 2.33 bits per heavy atom. The molecule has 1 atom stereocenters. The highest BCUT2D eigenvalue weighted by Gasteiger charge is 1.95. The maximum absolute atomic E-state index is 10.2. The molecule has 0 saturated carbocycles. The van der Waals surface area contributed by atoms with Gasteiger partial charge in [0.15, 0.2) is 0 Å². The first-order valence-corrected chi connectivity index (χ1v) is 3.02. The minimum absolute atomic E-state index is 0.115. The summed E-state index contributed by atoms with van der Waals surface area (Å²) < 4.78 is 4.63. The van der Waals surface area contributed by atoms with Crippen LogP contribution in [0.15, 0.2) is 0 Å². The molecule has 0 radical (unpaired) electrons. The third-order valence-electron chi connectivity index (χ3n) is 0.879. The summed E-state index contributed by atoms with van der Waals surface area (Å²) in [5, 5.41) is 0. The lowest BCUT2D eigenvalue weighted by Crippen LogP contribution is -2.17. The van der Waals surface area contributed by atoms with E-state index in [1.807, 2.05) is 6.92 Å². The van der Waals surface area contributed by atoms with Crippen molar-refractivity contribution in [3.63, 3.8) is 0 Å². The smallest absolute Gasteiger partial charge is 0.302 e. The minimum Gasteiger partial charge on any atom is -0.466 e. The molecule has 3 nitrogen and oxygen atoms in total. The average molecular weight is 131 g/mol. The van der Waals surface area contributed by atoms with E-state index in [1.165, 1.54) is 6.92 Å². The van der Waals surface area contributed by atoms with E-state index in [-0.39, 0.29) is 12.0 Å². The van der Waals surface area contributed by atoms with Gasteiger partial charge in [-0.25, -0.2) is 0 Å². The van der Waals surface area contributed by atoms with Crippen LogP contribution in [0, 0.1) is 0 Å². The van der Waals surface area contributed by atoms with E-state index in [0.29, 0.717) is 6.61 Å². The van der Waals surface area contributed by atoms with Gasteiger partial charge in [-0.3, -0.25) is 4.79 Å². The summed E-state index contributed by atoms with van der Waals surface area (Å²) in [6.07, 6.45) is 0.736. The van der Waals surface area contributed by atoms with Crippen LogP contribution in [0.1, 0.15) is 20.3 Å². The lowest BCUT2D eigenvalue weighted by atomic mass is 10.3. The molecule has 0 aliphatic rings. The first-order chi connectivity index (χ1) is 4.13. The van der Waals surface area contributed by atoms with Gasteiger partial charge >= 0.3 is 5.97 Å². The molecular weight excluding hydrogens is 118 g/mol. The Bertz CT molecular complexity index is 91.1. The van der Waals surface area contributed by atoms with Crippen molar-refractivity contribution in [1.82, 2.24) is 0 Å². The minimum atomic E-state index is -0.240. The molecule has 0 spiro atoms. The Balaban J connectivity index is 3.01. The van der Waals surface area contributed by atoms with Gasteiger partial charge in [-0.1, -0.05) is 0 Å². The molecule has 0 aromatic rings. The van der Waals surface area contributed by atoms with E-state index in [0.717, 1.165) is 6.42 Å². The van der Waals surface area contributed by atoms with Crippen LogP contribution >= 0.6 is 0 Å². The van der Waals surface area contributed by atoms with Crippen LogP contribution in [0.3, 0.4) is 0 Å². The number of ether oxygens (including phenoxy) is 1. The fourth-order valence-corrected chi connectivity index (χ4v) is 0.389. The number of rotatable bonds is 3. The Morgan fingerprint density at radius 1 is 1.78 bits per heavy atom. The van der Waals surface area contributed by atoms with Crippen LogP contribution in [0.4, 0.5) is 0 Å². The lowest BCUT2D eigenvalue weighted by Gasteiger charge is -2.03. The molecule has 0 aromatic carbocycles. The van der Waals surface area contributed by atoms with E-state index >= 15 is 0 Å². The van der Waals surface area contributed by atoms with Crippen molar-refractivity contribution < 1.29 is 9.53 Å². The highest BCUT2D eigenvalue weighted by Crippen LogP contribution is 1.86. The third-order valence-corrected chi connectivity index (χ3v) is 0.879. The van der Waals surface area contributed by atoms with Gasteiger partial charge < -0.3 is 10.5 Å². The molecule has 0 heterocycles. The monoisotopic (exact) mass is 131 g/mol. The number of hydrogen-bond acceptors (Lipinski definition) is 3. The second-order valence-corrected chi connectivity index (χ2v) is 2.11. The van der Waals surface area contributed by atoms with Crippen molar-refractivity contribution >= 4 is 5.97 Å². The zero-order valence-electron chi connectivity index (χ0n) is 5.89. The summed E-state index contributed by atoms with van der Waals surface area (Å²) in [7, 11) is 0. The zero-order valence-corrected chi connectivity index (χ0v) is 5.89. The molecule has 3 heteroatoms. The van der Waals surface area contributed by atoms with Gasteiger partial charge in [0.05, 0.1) is 6.61 Å². The molecule has 0 bridgehead atoms. The quantitative estimate of drug-likeness (QED) is 0.560. The van der Waals surface area contributed by atoms with Crippen molar-refractivity contribution in [2.75, 3.05) is 6.61 Å². The van der Waals surface area contributed by atoms with Crippen LogP contribution in [0.2, 0.25) is 0 Å². The average Bonchev–Trinajstić information content (AvgIpc) is 1.63. The maximum Gasteiger partial charge on any atom is 0.302 e. The highest BCUT2D eigenvalue weighted by molar-refractivity contribution is 5.65. The summed E-state index contributed by atoms with van der Waals surface area (Å²) in [6, 6.07) is 0.115. The summed E-state index contributed by atoms with van der Waals surface area (Å²) in [6.45, 7) is 3.71. The van der Waals surface area contributed by atoms with Crippen LogP contribution < -0.4 is 5.73 Å². The normalized spacial score (nSPS) is 12.8. The van der Waals surface area contributed by atoms with Gasteiger partial charge in [0.2, 0.25) is 0 Å². The summed E-state index contributed by atoms with van der Waals surface area (Å²) in [5.41, 5.74) is 5.39. The molecule has 9 heavy (non-hydrogen) atoms. The van der Waals surface area contributed by atoms with Crippen LogP contribution in [0.5, 0.6) is 0 Å². The summed E-state index contributed by atoms with van der Waals surface area (Å²) >= 11 is 0. The molecular formula is C6H13NO2. The van der Waals surface area contributed by atoms with E-state index in [9.17, 15) is 4.79 Å². The number of nitrogens with two attached hydrogens (primary N) is 1. The summed E-state index contributed by atoms with van der Waals surface area (Å²) in [4.78, 5) is 10.2. The van der Waals surface area contributed by atoms with E-state index in [1.54, 1.807) is 0 Å². The van der Waals surface area contributed by atoms with Crippen LogP contribution in [0.25, 0.3) is 0 Å². The van der Waals surface area contributed by atoms with E-state index in [4.69, 9.17) is 5.73 Å². The van der Waals surface area contributed by atoms with E-state index in [2.05, 4.69) is 4.74 Å². The molecule has 0 aliphatic heterocycles. The largest absolute Gasteiger partial charge is 0.466 e. The van der Waals surface area contributed by atoms with Crippen LogP contribution in [-0.4, -0.2) is 18.6 Å². The fraction of sp³-hybridized carbons (Fsp3) is 0.833. The standard InChI is InChI=1S/C6H13NO2/c1-5(7)3-4-9-6(2)8/h5H,3-4,7H2,1-2H3/t5-/m1/s1. The predicted molar refractivity (Wildman–Crippen MR) is 34.9 cm³/mol. The number of carbonyl (C=O) groups is 1. The second-order valence-electron chi connectivity index (χ2n) is 2.11. The van der Waals surface area contributed by atoms with Gasteiger partial charge in [-0.05, 0) is 13.3 Å². The SMILES string of the molecule is CC(=O)OCC[C@@H](C)N. The molecule has 0 aromatic heterocycles. The van der Waals surface area contributed by atoms with Gasteiger partial charge in [0, 0.05) is 13.0 Å². The van der Waals surface area contributed by atoms with E-state index < -0.39 is 0 Å². The molecule has 0 aliphatic carbocycles. The Labute approximate surface area is 55.2 Å². The molecule has 0 amide bonds. The van der Waals surface area contributed by atoms with Gasteiger partial charge in [-0.15, -0.1) is 0 Å². The van der Waals surface area contributed by atoms with Gasteiger partial charge in [0.1, 0.15) is 0 Å². The topological polar surface area (TPSA) is 52.3 Å². The fourth-order valence-electron chi connectivity index (χ4n) is 0.389. The number of esters is 1. The van der Waals surface area contributed by atoms with Gasteiger partial charge in [0.25, 0.3) is 0 Å². The molecule has 0 saturated heterocycles. The van der Waals surface area contributed by atoms with Crippen molar-refractivity contribution in [3.05, 3.63) is 0 Å². The number of hydrogen-bond donors (Lipinski definition) is 1.